The van der Waals surface area contributed by atoms with Crippen LogP contribution in [0.3, 0.4) is 0 Å². The number of hydrogen-bond donors (Lipinski definition) is 1. The Labute approximate surface area is 110 Å². The summed E-state index contributed by atoms with van der Waals surface area (Å²) in [4.78, 5) is 15.0. The van der Waals surface area contributed by atoms with Crippen molar-refractivity contribution in [2.24, 2.45) is 0 Å². The Morgan fingerprint density at radius 3 is 2.89 bits per heavy atom. The average Bonchev–Trinajstić information content (AvgIpc) is 2.78. The summed E-state index contributed by atoms with van der Waals surface area (Å²) in [5.41, 5.74) is 1.08. The van der Waals surface area contributed by atoms with Gasteiger partial charge in [0.05, 0.1) is 12.1 Å². The lowest BCUT2D eigenvalue weighted by Gasteiger charge is -2.09. The van der Waals surface area contributed by atoms with E-state index in [9.17, 15) is 4.79 Å². The monoisotopic (exact) mass is 264 g/mol. The van der Waals surface area contributed by atoms with Crippen LogP contribution in [-0.2, 0) is 13.0 Å². The second-order valence-corrected chi connectivity index (χ2v) is 4.34. The molecule has 4 nitrogen and oxygen atoms in total. The SMILES string of the molecule is CCc1nccn1Cc1ccc(C(=O)O)cc1Cl. The van der Waals surface area contributed by atoms with Crippen LogP contribution in [0.15, 0.2) is 30.6 Å². The van der Waals surface area contributed by atoms with Gasteiger partial charge in [-0.15, -0.1) is 0 Å². The van der Waals surface area contributed by atoms with Crippen molar-refractivity contribution in [3.63, 3.8) is 0 Å². The highest BCUT2D eigenvalue weighted by atomic mass is 35.5. The summed E-state index contributed by atoms with van der Waals surface area (Å²) in [6.07, 6.45) is 4.48. The zero-order chi connectivity index (χ0) is 13.1. The molecule has 0 amide bonds. The lowest BCUT2D eigenvalue weighted by Crippen LogP contribution is -2.05. The van der Waals surface area contributed by atoms with E-state index < -0.39 is 5.97 Å². The van der Waals surface area contributed by atoms with Gasteiger partial charge >= 0.3 is 5.97 Å². The highest BCUT2D eigenvalue weighted by molar-refractivity contribution is 6.31. The summed E-state index contributed by atoms with van der Waals surface area (Å²) >= 11 is 6.09. The van der Waals surface area contributed by atoms with Crippen LogP contribution in [0.4, 0.5) is 0 Å². The maximum absolute atomic E-state index is 10.8. The third kappa shape index (κ3) is 2.54. The van der Waals surface area contributed by atoms with E-state index in [4.69, 9.17) is 16.7 Å². The first-order valence-corrected chi connectivity index (χ1v) is 6.01. The molecule has 0 spiro atoms. The molecule has 18 heavy (non-hydrogen) atoms. The molecule has 0 saturated carbocycles. The number of rotatable bonds is 4. The second kappa shape index (κ2) is 5.23. The maximum atomic E-state index is 10.8. The second-order valence-electron chi connectivity index (χ2n) is 3.94. The number of imidazole rings is 1. The van der Waals surface area contributed by atoms with E-state index in [1.807, 2.05) is 17.7 Å². The first-order valence-electron chi connectivity index (χ1n) is 5.63. The number of aryl methyl sites for hydroxylation is 1. The number of carboxylic acids is 1. The molecule has 0 aliphatic rings. The number of carboxylic acid groups (broad SMARTS) is 1. The highest BCUT2D eigenvalue weighted by Gasteiger charge is 2.08. The van der Waals surface area contributed by atoms with Crippen LogP contribution in [0.2, 0.25) is 5.02 Å². The summed E-state index contributed by atoms with van der Waals surface area (Å²) in [7, 11) is 0. The fraction of sp³-hybridized carbons (Fsp3) is 0.231. The van der Waals surface area contributed by atoms with Crippen molar-refractivity contribution in [3.8, 4) is 0 Å². The molecule has 0 bridgehead atoms. The number of aromatic carboxylic acids is 1. The lowest BCUT2D eigenvalue weighted by molar-refractivity contribution is 0.0697. The van der Waals surface area contributed by atoms with Crippen LogP contribution in [0.5, 0.6) is 0 Å². The fourth-order valence-electron chi connectivity index (χ4n) is 1.79. The smallest absolute Gasteiger partial charge is 0.335 e. The molecule has 0 saturated heterocycles. The minimum Gasteiger partial charge on any atom is -0.478 e. The summed E-state index contributed by atoms with van der Waals surface area (Å²) in [6, 6.07) is 4.78. The first kappa shape index (κ1) is 12.6. The molecular weight excluding hydrogens is 252 g/mol. The molecule has 1 heterocycles. The standard InChI is InChI=1S/C13H13ClN2O2/c1-2-12-15-5-6-16(12)8-10-4-3-9(13(17)18)7-11(10)14/h3-7H,2,8H2,1H3,(H,17,18). The minimum absolute atomic E-state index is 0.199. The van der Waals surface area contributed by atoms with E-state index >= 15 is 0 Å². The normalized spacial score (nSPS) is 10.6. The molecule has 94 valence electrons. The van der Waals surface area contributed by atoms with Gasteiger partial charge in [-0.05, 0) is 17.7 Å². The Balaban J connectivity index is 2.27. The molecule has 0 radical (unpaired) electrons. The Bertz CT molecular complexity index is 578. The Kier molecular flexibility index (Phi) is 3.67. The van der Waals surface area contributed by atoms with Crippen molar-refractivity contribution in [2.45, 2.75) is 19.9 Å². The Hall–Kier alpha value is -1.81. The molecule has 0 aliphatic heterocycles. The molecule has 1 aromatic carbocycles. The Morgan fingerprint density at radius 1 is 1.50 bits per heavy atom. The van der Waals surface area contributed by atoms with Crippen LogP contribution in [0.25, 0.3) is 0 Å². The number of nitrogens with zero attached hydrogens (tertiary/aromatic N) is 2. The summed E-state index contributed by atoms with van der Waals surface area (Å²) in [5.74, 6) is 0.00806. The largest absolute Gasteiger partial charge is 0.478 e. The molecule has 2 aromatic rings. The highest BCUT2D eigenvalue weighted by Crippen LogP contribution is 2.19. The van der Waals surface area contributed by atoms with Gasteiger partial charge in [0.25, 0.3) is 0 Å². The van der Waals surface area contributed by atoms with Crippen LogP contribution >= 0.6 is 11.6 Å². The molecule has 2 rings (SSSR count). The number of aromatic nitrogens is 2. The molecule has 0 atom stereocenters. The number of carbonyl (C=O) groups is 1. The zero-order valence-electron chi connectivity index (χ0n) is 9.93. The van der Waals surface area contributed by atoms with Gasteiger partial charge in [0, 0.05) is 23.8 Å². The molecule has 1 N–H and O–H groups in total. The van der Waals surface area contributed by atoms with Crippen molar-refractivity contribution in [3.05, 3.63) is 52.6 Å². The quantitative estimate of drug-likeness (QED) is 0.924. The van der Waals surface area contributed by atoms with Gasteiger partial charge in [0.2, 0.25) is 0 Å². The average molecular weight is 265 g/mol. The topological polar surface area (TPSA) is 55.1 Å². The van der Waals surface area contributed by atoms with Gasteiger partial charge < -0.3 is 9.67 Å². The van der Waals surface area contributed by atoms with E-state index in [1.165, 1.54) is 6.07 Å². The van der Waals surface area contributed by atoms with E-state index in [0.29, 0.717) is 11.6 Å². The van der Waals surface area contributed by atoms with Crippen LogP contribution in [0.1, 0.15) is 28.7 Å². The van der Waals surface area contributed by atoms with E-state index in [2.05, 4.69) is 4.98 Å². The van der Waals surface area contributed by atoms with Crippen LogP contribution in [-0.4, -0.2) is 20.6 Å². The lowest BCUT2D eigenvalue weighted by atomic mass is 10.1. The molecule has 0 fully saturated rings. The van der Waals surface area contributed by atoms with Crippen LogP contribution < -0.4 is 0 Å². The van der Waals surface area contributed by atoms with E-state index in [-0.39, 0.29) is 5.56 Å². The molecular formula is C13H13ClN2O2. The third-order valence-electron chi connectivity index (χ3n) is 2.76. The first-order chi connectivity index (χ1) is 8.61. The summed E-state index contributed by atoms with van der Waals surface area (Å²) < 4.78 is 2.00. The van der Waals surface area contributed by atoms with Gasteiger partial charge in [-0.25, -0.2) is 9.78 Å². The number of halogens is 1. The van der Waals surface area contributed by atoms with E-state index in [0.717, 1.165) is 17.8 Å². The number of hydrogen-bond acceptors (Lipinski definition) is 2. The van der Waals surface area contributed by atoms with Gasteiger partial charge in [-0.2, -0.15) is 0 Å². The van der Waals surface area contributed by atoms with Gasteiger partial charge in [0.15, 0.2) is 0 Å². The summed E-state index contributed by atoms with van der Waals surface area (Å²) in [6.45, 7) is 2.63. The molecule has 1 aromatic heterocycles. The molecule has 5 heteroatoms. The predicted octanol–water partition coefficient (Wildman–Crippen LogP) is 2.85. The van der Waals surface area contributed by atoms with Crippen molar-refractivity contribution >= 4 is 17.6 Å². The van der Waals surface area contributed by atoms with Crippen molar-refractivity contribution in [2.75, 3.05) is 0 Å². The third-order valence-corrected chi connectivity index (χ3v) is 3.11. The van der Waals surface area contributed by atoms with Gasteiger partial charge in [-0.3, -0.25) is 0 Å². The molecule has 0 unspecified atom stereocenters. The van der Waals surface area contributed by atoms with E-state index in [1.54, 1.807) is 18.3 Å². The fourth-order valence-corrected chi connectivity index (χ4v) is 2.03. The summed E-state index contributed by atoms with van der Waals surface area (Å²) in [5, 5.41) is 9.33. The predicted molar refractivity (Wildman–Crippen MR) is 69.1 cm³/mol. The number of benzene rings is 1. The van der Waals surface area contributed by atoms with Crippen molar-refractivity contribution in [1.29, 1.82) is 0 Å². The van der Waals surface area contributed by atoms with Crippen molar-refractivity contribution in [1.82, 2.24) is 9.55 Å². The Morgan fingerprint density at radius 2 is 2.28 bits per heavy atom. The zero-order valence-corrected chi connectivity index (χ0v) is 10.7. The van der Waals surface area contributed by atoms with Gasteiger partial charge in [-0.1, -0.05) is 24.6 Å². The maximum Gasteiger partial charge on any atom is 0.335 e. The van der Waals surface area contributed by atoms with Crippen molar-refractivity contribution < 1.29 is 9.90 Å². The van der Waals surface area contributed by atoms with Gasteiger partial charge in [0.1, 0.15) is 5.82 Å². The van der Waals surface area contributed by atoms with Crippen LogP contribution in [0, 0.1) is 0 Å². The minimum atomic E-state index is -0.972. The molecule has 0 aliphatic carbocycles.